The summed E-state index contributed by atoms with van der Waals surface area (Å²) in [5.41, 5.74) is 0.723. The number of aryl methyl sites for hydroxylation is 1. The Labute approximate surface area is 104 Å². The van der Waals surface area contributed by atoms with Crippen LogP contribution in [0.1, 0.15) is 30.3 Å². The van der Waals surface area contributed by atoms with Gasteiger partial charge in [-0.25, -0.2) is 0 Å². The topological polar surface area (TPSA) is 34.0 Å². The van der Waals surface area contributed by atoms with Crippen molar-refractivity contribution in [1.29, 1.82) is 0 Å². The van der Waals surface area contributed by atoms with Gasteiger partial charge in [0, 0.05) is 23.3 Å². The van der Waals surface area contributed by atoms with E-state index in [2.05, 4.69) is 33.4 Å². The number of nitrogens with zero attached hydrogens (tertiary/aromatic N) is 1. The van der Waals surface area contributed by atoms with Crippen molar-refractivity contribution in [2.24, 2.45) is 0 Å². The molecule has 1 aliphatic carbocycles. The Hall–Kier alpha value is -1.03. The van der Waals surface area contributed by atoms with E-state index in [4.69, 9.17) is 0 Å². The SMILES string of the molecule is CCn1cc(Br)cc1C(=O)NC1CC=CC1. The Kier molecular flexibility index (Phi) is 3.49. The van der Waals surface area contributed by atoms with Gasteiger partial charge in [-0.05, 0) is 41.8 Å². The lowest BCUT2D eigenvalue weighted by Crippen LogP contribution is -2.34. The molecule has 1 aromatic heterocycles. The Bertz CT molecular complexity index is 415. The largest absolute Gasteiger partial charge is 0.347 e. The zero-order valence-electron chi connectivity index (χ0n) is 9.24. The Morgan fingerprint density at radius 1 is 1.56 bits per heavy atom. The Morgan fingerprint density at radius 2 is 2.25 bits per heavy atom. The standard InChI is InChI=1S/C12H15BrN2O/c1-2-15-8-9(13)7-11(15)12(16)14-10-5-3-4-6-10/h3-4,7-8,10H,2,5-6H2,1H3,(H,14,16). The third-order valence-electron chi connectivity index (χ3n) is 2.78. The van der Waals surface area contributed by atoms with Gasteiger partial charge < -0.3 is 9.88 Å². The molecule has 2 rings (SSSR count). The lowest BCUT2D eigenvalue weighted by atomic mass is 10.2. The average molecular weight is 283 g/mol. The van der Waals surface area contributed by atoms with E-state index in [9.17, 15) is 4.79 Å². The number of halogens is 1. The summed E-state index contributed by atoms with van der Waals surface area (Å²) < 4.78 is 2.89. The summed E-state index contributed by atoms with van der Waals surface area (Å²) in [7, 11) is 0. The summed E-state index contributed by atoms with van der Waals surface area (Å²) in [6.07, 6.45) is 8.04. The quantitative estimate of drug-likeness (QED) is 0.850. The molecule has 1 amide bonds. The van der Waals surface area contributed by atoms with Crippen LogP contribution in [0.25, 0.3) is 0 Å². The van der Waals surface area contributed by atoms with Gasteiger partial charge in [0.05, 0.1) is 0 Å². The first kappa shape index (κ1) is 11.5. The molecule has 0 aliphatic heterocycles. The fourth-order valence-corrected chi connectivity index (χ4v) is 2.39. The molecule has 1 N–H and O–H groups in total. The molecule has 0 fully saturated rings. The van der Waals surface area contributed by atoms with Crippen LogP contribution in [0.3, 0.4) is 0 Å². The summed E-state index contributed by atoms with van der Waals surface area (Å²) in [5, 5.41) is 3.04. The lowest BCUT2D eigenvalue weighted by molar-refractivity contribution is 0.0929. The molecule has 16 heavy (non-hydrogen) atoms. The fraction of sp³-hybridized carbons (Fsp3) is 0.417. The van der Waals surface area contributed by atoms with Crippen LogP contribution in [-0.4, -0.2) is 16.5 Å². The van der Waals surface area contributed by atoms with Crippen molar-refractivity contribution in [2.75, 3.05) is 0 Å². The molecular formula is C12H15BrN2O. The first-order chi connectivity index (χ1) is 7.70. The van der Waals surface area contributed by atoms with E-state index in [1.54, 1.807) is 0 Å². The number of aromatic nitrogens is 1. The van der Waals surface area contributed by atoms with E-state index in [1.165, 1.54) is 0 Å². The zero-order valence-corrected chi connectivity index (χ0v) is 10.8. The Balaban J connectivity index is 2.07. The molecule has 0 spiro atoms. The lowest BCUT2D eigenvalue weighted by Gasteiger charge is -2.12. The first-order valence-corrected chi connectivity index (χ1v) is 6.31. The predicted octanol–water partition coefficient (Wildman–Crippen LogP) is 2.72. The van der Waals surface area contributed by atoms with Crippen molar-refractivity contribution in [3.8, 4) is 0 Å². The maximum Gasteiger partial charge on any atom is 0.268 e. The minimum absolute atomic E-state index is 0.0150. The average Bonchev–Trinajstić information content (AvgIpc) is 2.86. The molecule has 0 aromatic carbocycles. The minimum atomic E-state index is 0.0150. The van der Waals surface area contributed by atoms with Gasteiger partial charge in [0.2, 0.25) is 0 Å². The number of hydrogen-bond donors (Lipinski definition) is 1. The summed E-state index contributed by atoms with van der Waals surface area (Å²) in [6, 6.07) is 2.13. The monoisotopic (exact) mass is 282 g/mol. The summed E-state index contributed by atoms with van der Waals surface area (Å²) in [4.78, 5) is 12.0. The predicted molar refractivity (Wildman–Crippen MR) is 67.4 cm³/mol. The number of nitrogens with one attached hydrogen (secondary N) is 1. The van der Waals surface area contributed by atoms with Crippen LogP contribution in [0, 0.1) is 0 Å². The number of amides is 1. The van der Waals surface area contributed by atoms with Crippen molar-refractivity contribution >= 4 is 21.8 Å². The molecule has 3 nitrogen and oxygen atoms in total. The van der Waals surface area contributed by atoms with Crippen LogP contribution in [0.15, 0.2) is 28.9 Å². The maximum atomic E-state index is 12.0. The van der Waals surface area contributed by atoms with E-state index in [1.807, 2.05) is 23.8 Å². The van der Waals surface area contributed by atoms with Crippen LogP contribution >= 0.6 is 15.9 Å². The normalized spacial score (nSPS) is 15.6. The second-order valence-electron chi connectivity index (χ2n) is 3.94. The van der Waals surface area contributed by atoms with Crippen molar-refractivity contribution in [3.63, 3.8) is 0 Å². The summed E-state index contributed by atoms with van der Waals surface area (Å²) >= 11 is 3.39. The third kappa shape index (κ3) is 2.38. The van der Waals surface area contributed by atoms with E-state index in [0.29, 0.717) is 0 Å². The fourth-order valence-electron chi connectivity index (χ4n) is 1.92. The van der Waals surface area contributed by atoms with Gasteiger partial charge in [0.15, 0.2) is 0 Å². The highest BCUT2D eigenvalue weighted by Crippen LogP contribution is 2.16. The molecule has 0 unspecified atom stereocenters. The van der Waals surface area contributed by atoms with Crippen LogP contribution in [0.2, 0.25) is 0 Å². The molecule has 4 heteroatoms. The molecule has 1 heterocycles. The highest BCUT2D eigenvalue weighted by Gasteiger charge is 2.17. The van der Waals surface area contributed by atoms with Crippen molar-refractivity contribution in [1.82, 2.24) is 9.88 Å². The molecule has 0 atom stereocenters. The van der Waals surface area contributed by atoms with E-state index in [0.717, 1.165) is 29.6 Å². The number of rotatable bonds is 3. The molecule has 0 bridgehead atoms. The molecule has 0 saturated carbocycles. The number of carbonyl (C=O) groups excluding carboxylic acids is 1. The van der Waals surface area contributed by atoms with Gasteiger partial charge in [-0.3, -0.25) is 4.79 Å². The molecule has 1 aliphatic rings. The summed E-state index contributed by atoms with van der Waals surface area (Å²) in [6.45, 7) is 2.83. The van der Waals surface area contributed by atoms with Gasteiger partial charge in [-0.1, -0.05) is 12.2 Å². The maximum absolute atomic E-state index is 12.0. The Morgan fingerprint density at radius 3 is 2.88 bits per heavy atom. The van der Waals surface area contributed by atoms with Crippen molar-refractivity contribution in [2.45, 2.75) is 32.4 Å². The first-order valence-electron chi connectivity index (χ1n) is 5.52. The smallest absolute Gasteiger partial charge is 0.268 e. The summed E-state index contributed by atoms with van der Waals surface area (Å²) in [5.74, 6) is 0.0150. The van der Waals surface area contributed by atoms with Crippen molar-refractivity contribution < 1.29 is 4.79 Å². The van der Waals surface area contributed by atoms with Gasteiger partial charge in [-0.15, -0.1) is 0 Å². The highest BCUT2D eigenvalue weighted by atomic mass is 79.9. The zero-order chi connectivity index (χ0) is 11.5. The number of carbonyl (C=O) groups is 1. The molecule has 0 radical (unpaired) electrons. The molecule has 86 valence electrons. The van der Waals surface area contributed by atoms with E-state index in [-0.39, 0.29) is 11.9 Å². The molecular weight excluding hydrogens is 268 g/mol. The van der Waals surface area contributed by atoms with Crippen LogP contribution in [0.4, 0.5) is 0 Å². The second-order valence-corrected chi connectivity index (χ2v) is 4.86. The second kappa shape index (κ2) is 4.87. The number of hydrogen-bond acceptors (Lipinski definition) is 1. The highest BCUT2D eigenvalue weighted by molar-refractivity contribution is 9.10. The van der Waals surface area contributed by atoms with Crippen LogP contribution < -0.4 is 5.32 Å². The third-order valence-corrected chi connectivity index (χ3v) is 3.21. The van der Waals surface area contributed by atoms with Crippen molar-refractivity contribution in [3.05, 3.63) is 34.6 Å². The minimum Gasteiger partial charge on any atom is -0.347 e. The van der Waals surface area contributed by atoms with Gasteiger partial charge in [-0.2, -0.15) is 0 Å². The van der Waals surface area contributed by atoms with E-state index >= 15 is 0 Å². The van der Waals surface area contributed by atoms with E-state index < -0.39 is 0 Å². The molecule has 1 aromatic rings. The van der Waals surface area contributed by atoms with Gasteiger partial charge in [0.1, 0.15) is 5.69 Å². The van der Waals surface area contributed by atoms with Crippen LogP contribution in [0.5, 0.6) is 0 Å². The van der Waals surface area contributed by atoms with Gasteiger partial charge >= 0.3 is 0 Å². The van der Waals surface area contributed by atoms with Crippen LogP contribution in [-0.2, 0) is 6.54 Å². The van der Waals surface area contributed by atoms with Gasteiger partial charge in [0.25, 0.3) is 5.91 Å². The molecule has 0 saturated heterocycles.